The van der Waals surface area contributed by atoms with Crippen LogP contribution in [0.3, 0.4) is 0 Å². The van der Waals surface area contributed by atoms with E-state index in [0.29, 0.717) is 18.1 Å². The largest absolute Gasteiger partial charge is 0.496 e. The molecule has 1 amide bonds. The number of ether oxygens (including phenoxy) is 3. The summed E-state index contributed by atoms with van der Waals surface area (Å²) in [6.07, 6.45) is 0.0771. The molecule has 0 saturated heterocycles. The number of nitrogens with one attached hydrogen (secondary N) is 1. The van der Waals surface area contributed by atoms with Gasteiger partial charge in [0, 0.05) is 19.1 Å². The van der Waals surface area contributed by atoms with E-state index >= 15 is 0 Å². The van der Waals surface area contributed by atoms with Crippen molar-refractivity contribution in [3.05, 3.63) is 57.6 Å². The van der Waals surface area contributed by atoms with Gasteiger partial charge >= 0.3 is 5.97 Å². The third-order valence-electron chi connectivity index (χ3n) is 5.19. The number of carbonyl (C=O) groups is 2. The Hall–Kier alpha value is -2.74. The third kappa shape index (κ3) is 6.88. The summed E-state index contributed by atoms with van der Waals surface area (Å²) < 4.78 is 16.2. The summed E-state index contributed by atoms with van der Waals surface area (Å²) in [6, 6.07) is 9.90. The van der Waals surface area contributed by atoms with E-state index in [1.807, 2.05) is 24.3 Å². The third-order valence-corrected chi connectivity index (χ3v) is 5.60. The van der Waals surface area contributed by atoms with Gasteiger partial charge in [-0.2, -0.15) is 0 Å². The first kappa shape index (κ1) is 27.5. The van der Waals surface area contributed by atoms with Crippen LogP contribution in [-0.4, -0.2) is 44.4 Å². The summed E-state index contributed by atoms with van der Waals surface area (Å²) in [5.74, 6) is -0.784. The number of carboxylic acid groups (broad SMARTS) is 1. The average molecular weight is 510 g/mol. The highest BCUT2D eigenvalue weighted by atomic mass is 35.5. The number of rotatable bonds is 11. The van der Waals surface area contributed by atoms with Crippen LogP contribution in [0.25, 0.3) is 11.1 Å². The van der Waals surface area contributed by atoms with E-state index in [4.69, 9.17) is 37.4 Å². The zero-order valence-electron chi connectivity index (χ0n) is 19.8. The maximum absolute atomic E-state index is 12.5. The van der Waals surface area contributed by atoms with Gasteiger partial charge in [0.1, 0.15) is 22.0 Å². The lowest BCUT2D eigenvalue weighted by Gasteiger charge is -2.18. The standard InChI is InChI=1S/C25H29Cl2NO6/c1-14(2)21(23(26)27)24(29)28-18(25(30)31)10-15-6-8-17(9-7-15)22-19(33-4)11-16(13-32-3)12-20(22)34-5/h6-9,11-12,14,18H,10,13H2,1-5H3,(H,28,29)(H,30,31)/t18-/m0/s1. The molecule has 34 heavy (non-hydrogen) atoms. The molecule has 0 aromatic heterocycles. The van der Waals surface area contributed by atoms with Crippen LogP contribution in [-0.2, 0) is 27.4 Å². The average Bonchev–Trinajstić information content (AvgIpc) is 2.78. The molecular weight excluding hydrogens is 481 g/mol. The van der Waals surface area contributed by atoms with E-state index in [-0.39, 0.29) is 22.4 Å². The number of amides is 1. The van der Waals surface area contributed by atoms with Crippen molar-refractivity contribution in [2.24, 2.45) is 5.92 Å². The highest BCUT2D eigenvalue weighted by molar-refractivity contribution is 6.57. The van der Waals surface area contributed by atoms with Crippen molar-refractivity contribution in [1.29, 1.82) is 0 Å². The minimum atomic E-state index is -1.16. The fourth-order valence-electron chi connectivity index (χ4n) is 3.55. The molecule has 0 bridgehead atoms. The lowest BCUT2D eigenvalue weighted by Crippen LogP contribution is -2.43. The molecular formula is C25H29Cl2NO6. The smallest absolute Gasteiger partial charge is 0.326 e. The van der Waals surface area contributed by atoms with E-state index in [1.165, 1.54) is 0 Å². The molecule has 7 nitrogen and oxygen atoms in total. The predicted octanol–water partition coefficient (Wildman–Crippen LogP) is 4.97. The summed E-state index contributed by atoms with van der Waals surface area (Å²) >= 11 is 11.6. The molecule has 2 N–H and O–H groups in total. The van der Waals surface area contributed by atoms with Crippen LogP contribution in [0, 0.1) is 5.92 Å². The molecule has 0 aliphatic carbocycles. The van der Waals surface area contributed by atoms with E-state index in [9.17, 15) is 14.7 Å². The van der Waals surface area contributed by atoms with Gasteiger partial charge in [-0.15, -0.1) is 0 Å². The van der Waals surface area contributed by atoms with Crippen molar-refractivity contribution in [3.8, 4) is 22.6 Å². The Labute approximate surface area is 209 Å². The molecule has 0 aliphatic heterocycles. The Kier molecular flexibility index (Phi) is 10.2. The van der Waals surface area contributed by atoms with Gasteiger partial charge in [-0.3, -0.25) is 4.79 Å². The number of hydrogen-bond donors (Lipinski definition) is 2. The molecule has 2 aromatic carbocycles. The summed E-state index contributed by atoms with van der Waals surface area (Å²) in [5.41, 5.74) is 3.36. The maximum atomic E-state index is 12.5. The molecule has 2 aromatic rings. The normalized spacial score (nSPS) is 11.6. The van der Waals surface area contributed by atoms with Gasteiger partial charge in [0.25, 0.3) is 5.91 Å². The van der Waals surface area contributed by atoms with Crippen LogP contribution in [0.5, 0.6) is 11.5 Å². The molecule has 0 heterocycles. The second-order valence-corrected chi connectivity index (χ2v) is 8.85. The quantitative estimate of drug-likeness (QED) is 0.415. The molecule has 9 heteroatoms. The molecule has 0 unspecified atom stereocenters. The molecule has 0 fully saturated rings. The Morgan fingerprint density at radius 3 is 1.94 bits per heavy atom. The second-order valence-electron chi connectivity index (χ2n) is 7.90. The van der Waals surface area contributed by atoms with Gasteiger partial charge in [-0.1, -0.05) is 61.3 Å². The van der Waals surface area contributed by atoms with E-state index in [0.717, 1.165) is 22.3 Å². The highest BCUT2D eigenvalue weighted by Crippen LogP contribution is 2.40. The van der Waals surface area contributed by atoms with Gasteiger partial charge in [0.15, 0.2) is 0 Å². The summed E-state index contributed by atoms with van der Waals surface area (Å²) in [4.78, 5) is 24.3. The summed E-state index contributed by atoms with van der Waals surface area (Å²) in [7, 11) is 4.77. The summed E-state index contributed by atoms with van der Waals surface area (Å²) in [6.45, 7) is 3.91. The topological polar surface area (TPSA) is 94.1 Å². The van der Waals surface area contributed by atoms with Crippen molar-refractivity contribution in [2.75, 3.05) is 21.3 Å². The van der Waals surface area contributed by atoms with Crippen molar-refractivity contribution < 1.29 is 28.9 Å². The van der Waals surface area contributed by atoms with Gasteiger partial charge in [0.05, 0.1) is 26.4 Å². The van der Waals surface area contributed by atoms with Gasteiger partial charge in [-0.25, -0.2) is 4.79 Å². The molecule has 0 aliphatic rings. The molecule has 1 atom stereocenters. The number of methoxy groups -OCH3 is 3. The highest BCUT2D eigenvalue weighted by Gasteiger charge is 2.25. The molecule has 0 spiro atoms. The Morgan fingerprint density at radius 1 is 0.971 bits per heavy atom. The van der Waals surface area contributed by atoms with Crippen LogP contribution in [0.15, 0.2) is 46.5 Å². The number of halogens is 2. The Bertz CT molecular complexity index is 1020. The first-order chi connectivity index (χ1) is 16.1. The van der Waals surface area contributed by atoms with Crippen molar-refractivity contribution in [3.63, 3.8) is 0 Å². The Morgan fingerprint density at radius 2 is 1.53 bits per heavy atom. The van der Waals surface area contributed by atoms with Crippen molar-refractivity contribution >= 4 is 35.1 Å². The van der Waals surface area contributed by atoms with E-state index < -0.39 is 17.9 Å². The number of benzene rings is 2. The van der Waals surface area contributed by atoms with Crippen LogP contribution in [0.4, 0.5) is 0 Å². The van der Waals surface area contributed by atoms with Crippen LogP contribution in [0.2, 0.25) is 0 Å². The first-order valence-corrected chi connectivity index (χ1v) is 11.3. The monoisotopic (exact) mass is 509 g/mol. The number of aliphatic carboxylic acids is 1. The predicted molar refractivity (Wildman–Crippen MR) is 133 cm³/mol. The molecule has 0 radical (unpaired) electrons. The van der Waals surface area contributed by atoms with Gasteiger partial charge < -0.3 is 24.6 Å². The summed E-state index contributed by atoms with van der Waals surface area (Å²) in [5, 5.41) is 12.2. The zero-order chi connectivity index (χ0) is 25.4. The van der Waals surface area contributed by atoms with E-state index in [2.05, 4.69) is 5.32 Å². The van der Waals surface area contributed by atoms with Gasteiger partial charge in [-0.05, 0) is 34.7 Å². The SMILES string of the molecule is COCc1cc(OC)c(-c2ccc(C[C@H](NC(=O)C(=C(Cl)Cl)C(C)C)C(=O)O)cc2)c(OC)c1. The van der Waals surface area contributed by atoms with Crippen LogP contribution in [0.1, 0.15) is 25.0 Å². The van der Waals surface area contributed by atoms with Crippen LogP contribution < -0.4 is 14.8 Å². The van der Waals surface area contributed by atoms with Crippen molar-refractivity contribution in [1.82, 2.24) is 5.32 Å². The molecule has 2 rings (SSSR count). The Balaban J connectivity index is 2.30. The van der Waals surface area contributed by atoms with Crippen molar-refractivity contribution in [2.45, 2.75) is 32.9 Å². The minimum Gasteiger partial charge on any atom is -0.496 e. The lowest BCUT2D eigenvalue weighted by molar-refractivity contribution is -0.141. The molecule has 0 saturated carbocycles. The zero-order valence-corrected chi connectivity index (χ0v) is 21.3. The maximum Gasteiger partial charge on any atom is 0.326 e. The molecule has 184 valence electrons. The van der Waals surface area contributed by atoms with E-state index in [1.54, 1.807) is 47.3 Å². The second kappa shape index (κ2) is 12.6. The minimum absolute atomic E-state index is 0.0771. The van der Waals surface area contributed by atoms with Crippen LogP contribution >= 0.6 is 23.2 Å². The first-order valence-electron chi connectivity index (χ1n) is 10.5. The fourth-order valence-corrected chi connectivity index (χ4v) is 4.15. The fraction of sp³-hybridized carbons (Fsp3) is 0.360. The lowest BCUT2D eigenvalue weighted by atomic mass is 9.97. The number of carbonyl (C=O) groups excluding carboxylic acids is 1. The number of carboxylic acids is 1. The number of hydrogen-bond acceptors (Lipinski definition) is 5. The van der Waals surface area contributed by atoms with Gasteiger partial charge in [0.2, 0.25) is 0 Å².